The number of hydrogen-bond acceptors (Lipinski definition) is 3. The number of aliphatic imine (C=N–C) groups is 1. The van der Waals surface area contributed by atoms with E-state index in [1.54, 1.807) is 0 Å². The van der Waals surface area contributed by atoms with Gasteiger partial charge in [0.1, 0.15) is 6.61 Å². The van der Waals surface area contributed by atoms with Crippen LogP contribution in [0.3, 0.4) is 0 Å². The molecule has 0 heterocycles. The average Bonchev–Trinajstić information content (AvgIpc) is 2.28. The van der Waals surface area contributed by atoms with Gasteiger partial charge in [0.25, 0.3) is 0 Å². The molecule has 1 aromatic carbocycles. The summed E-state index contributed by atoms with van der Waals surface area (Å²) in [4.78, 5) is 15.1. The third-order valence-corrected chi connectivity index (χ3v) is 2.20. The van der Waals surface area contributed by atoms with Gasteiger partial charge in [-0.15, -0.1) is 0 Å². The smallest absolute Gasteiger partial charge is 0.302 e. The SMILES string of the molecule is CC(=O)OCC(C)(C)C=NCc1ccccc1. The highest BCUT2D eigenvalue weighted by atomic mass is 16.5. The average molecular weight is 233 g/mol. The van der Waals surface area contributed by atoms with E-state index in [4.69, 9.17) is 4.74 Å². The minimum absolute atomic E-state index is 0.222. The van der Waals surface area contributed by atoms with Gasteiger partial charge in [-0.1, -0.05) is 44.2 Å². The van der Waals surface area contributed by atoms with Crippen molar-refractivity contribution < 1.29 is 9.53 Å². The largest absolute Gasteiger partial charge is 0.465 e. The molecule has 0 aromatic heterocycles. The van der Waals surface area contributed by atoms with E-state index < -0.39 is 0 Å². The maximum atomic E-state index is 10.7. The summed E-state index contributed by atoms with van der Waals surface area (Å²) in [6.07, 6.45) is 1.85. The molecular weight excluding hydrogens is 214 g/mol. The van der Waals surface area contributed by atoms with Crippen LogP contribution in [0.15, 0.2) is 35.3 Å². The number of rotatable bonds is 5. The maximum absolute atomic E-state index is 10.7. The molecule has 1 rings (SSSR count). The molecule has 92 valence electrons. The lowest BCUT2D eigenvalue weighted by Crippen LogP contribution is -2.22. The van der Waals surface area contributed by atoms with E-state index in [1.165, 1.54) is 12.5 Å². The summed E-state index contributed by atoms with van der Waals surface area (Å²) in [5.41, 5.74) is 0.951. The normalized spacial score (nSPS) is 11.7. The Balaban J connectivity index is 2.44. The quantitative estimate of drug-likeness (QED) is 0.579. The highest BCUT2D eigenvalue weighted by Gasteiger charge is 2.16. The van der Waals surface area contributed by atoms with E-state index in [1.807, 2.05) is 50.4 Å². The highest BCUT2D eigenvalue weighted by molar-refractivity contribution is 5.68. The predicted molar refractivity (Wildman–Crippen MR) is 69.1 cm³/mol. The second kappa shape index (κ2) is 6.18. The summed E-state index contributed by atoms with van der Waals surface area (Å²) in [5, 5.41) is 0. The van der Waals surface area contributed by atoms with Gasteiger partial charge in [0, 0.05) is 18.6 Å². The molecule has 0 N–H and O–H groups in total. The molecule has 3 nitrogen and oxygen atoms in total. The minimum Gasteiger partial charge on any atom is -0.465 e. The fourth-order valence-electron chi connectivity index (χ4n) is 1.31. The molecule has 0 unspecified atom stereocenters. The number of carbonyl (C=O) groups is 1. The Morgan fingerprint density at radius 2 is 2.00 bits per heavy atom. The van der Waals surface area contributed by atoms with Gasteiger partial charge < -0.3 is 4.74 Å². The van der Waals surface area contributed by atoms with E-state index in [-0.39, 0.29) is 11.4 Å². The molecule has 0 saturated carbocycles. The first-order valence-corrected chi connectivity index (χ1v) is 5.68. The van der Waals surface area contributed by atoms with Gasteiger partial charge in [0.15, 0.2) is 0 Å². The lowest BCUT2D eigenvalue weighted by molar-refractivity contribution is -0.142. The van der Waals surface area contributed by atoms with Gasteiger partial charge in [-0.05, 0) is 5.56 Å². The summed E-state index contributed by atoms with van der Waals surface area (Å²) in [7, 11) is 0. The molecule has 17 heavy (non-hydrogen) atoms. The molecule has 0 saturated heterocycles. The molecule has 3 heteroatoms. The third kappa shape index (κ3) is 5.85. The first-order chi connectivity index (χ1) is 7.99. The fourth-order valence-corrected chi connectivity index (χ4v) is 1.31. The van der Waals surface area contributed by atoms with Crippen molar-refractivity contribution in [1.29, 1.82) is 0 Å². The van der Waals surface area contributed by atoms with Crippen molar-refractivity contribution >= 4 is 12.2 Å². The Labute approximate surface area is 103 Å². The van der Waals surface area contributed by atoms with Gasteiger partial charge in [-0.3, -0.25) is 9.79 Å². The molecule has 0 aliphatic heterocycles. The summed E-state index contributed by atoms with van der Waals surface area (Å²) in [6, 6.07) is 10.0. The molecule has 0 fully saturated rings. The summed E-state index contributed by atoms with van der Waals surface area (Å²) in [5.74, 6) is -0.255. The monoisotopic (exact) mass is 233 g/mol. The van der Waals surface area contributed by atoms with Crippen molar-refractivity contribution in [2.24, 2.45) is 10.4 Å². The Bertz CT molecular complexity index is 382. The second-order valence-electron chi connectivity index (χ2n) is 4.72. The Hall–Kier alpha value is -1.64. The standard InChI is InChI=1S/C14H19NO2/c1-12(16)17-11-14(2,3)10-15-9-13-7-5-4-6-8-13/h4-8,10H,9,11H2,1-3H3. The first kappa shape index (κ1) is 13.4. The number of hydrogen-bond donors (Lipinski definition) is 0. The van der Waals surface area contributed by atoms with Crippen molar-refractivity contribution in [3.05, 3.63) is 35.9 Å². The molecule has 0 atom stereocenters. The van der Waals surface area contributed by atoms with Crippen LogP contribution in [-0.4, -0.2) is 18.8 Å². The van der Waals surface area contributed by atoms with Crippen LogP contribution in [0, 0.1) is 5.41 Å². The summed E-state index contributed by atoms with van der Waals surface area (Å²) < 4.78 is 4.98. The van der Waals surface area contributed by atoms with Crippen LogP contribution < -0.4 is 0 Å². The predicted octanol–water partition coefficient (Wildman–Crippen LogP) is 2.85. The van der Waals surface area contributed by atoms with E-state index in [9.17, 15) is 4.79 Å². The van der Waals surface area contributed by atoms with Crippen LogP contribution in [0.5, 0.6) is 0 Å². The van der Waals surface area contributed by atoms with E-state index in [0.29, 0.717) is 13.2 Å². The van der Waals surface area contributed by atoms with Crippen LogP contribution in [0.25, 0.3) is 0 Å². The zero-order valence-electron chi connectivity index (χ0n) is 10.6. The Kier molecular flexibility index (Phi) is 4.88. The minimum atomic E-state index is -0.255. The van der Waals surface area contributed by atoms with E-state index in [0.717, 1.165) is 0 Å². The maximum Gasteiger partial charge on any atom is 0.302 e. The highest BCUT2D eigenvalue weighted by Crippen LogP contribution is 2.13. The van der Waals surface area contributed by atoms with Crippen molar-refractivity contribution in [1.82, 2.24) is 0 Å². The first-order valence-electron chi connectivity index (χ1n) is 5.68. The Morgan fingerprint density at radius 3 is 2.59 bits per heavy atom. The fraction of sp³-hybridized carbons (Fsp3) is 0.429. The van der Waals surface area contributed by atoms with Gasteiger partial charge >= 0.3 is 5.97 Å². The van der Waals surface area contributed by atoms with Crippen LogP contribution in [0.2, 0.25) is 0 Å². The summed E-state index contributed by atoms with van der Waals surface area (Å²) >= 11 is 0. The molecule has 0 aliphatic carbocycles. The molecular formula is C14H19NO2. The van der Waals surface area contributed by atoms with Crippen molar-refractivity contribution in [3.63, 3.8) is 0 Å². The van der Waals surface area contributed by atoms with Gasteiger partial charge in [0.05, 0.1) is 6.54 Å². The number of nitrogens with zero attached hydrogens (tertiary/aromatic N) is 1. The lowest BCUT2D eigenvalue weighted by Gasteiger charge is -2.18. The zero-order valence-corrected chi connectivity index (χ0v) is 10.6. The zero-order chi connectivity index (χ0) is 12.7. The molecule has 1 aromatic rings. The number of carbonyl (C=O) groups excluding carboxylic acids is 1. The summed E-state index contributed by atoms with van der Waals surface area (Å²) in [6.45, 7) is 6.41. The molecule has 0 spiro atoms. The molecule has 0 amide bonds. The molecule has 0 bridgehead atoms. The van der Waals surface area contributed by atoms with Crippen LogP contribution >= 0.6 is 0 Å². The van der Waals surface area contributed by atoms with Gasteiger partial charge in [0.2, 0.25) is 0 Å². The third-order valence-electron chi connectivity index (χ3n) is 2.20. The van der Waals surface area contributed by atoms with Gasteiger partial charge in [-0.2, -0.15) is 0 Å². The number of benzene rings is 1. The van der Waals surface area contributed by atoms with E-state index in [2.05, 4.69) is 4.99 Å². The van der Waals surface area contributed by atoms with Crippen LogP contribution in [-0.2, 0) is 16.1 Å². The van der Waals surface area contributed by atoms with Crippen molar-refractivity contribution in [2.75, 3.05) is 6.61 Å². The van der Waals surface area contributed by atoms with Crippen LogP contribution in [0.4, 0.5) is 0 Å². The number of ether oxygens (including phenoxy) is 1. The van der Waals surface area contributed by atoms with Crippen molar-refractivity contribution in [3.8, 4) is 0 Å². The van der Waals surface area contributed by atoms with E-state index >= 15 is 0 Å². The van der Waals surface area contributed by atoms with Gasteiger partial charge in [-0.25, -0.2) is 0 Å². The number of esters is 1. The lowest BCUT2D eigenvalue weighted by atomic mass is 9.97. The van der Waals surface area contributed by atoms with Crippen molar-refractivity contribution in [2.45, 2.75) is 27.3 Å². The van der Waals surface area contributed by atoms with Crippen LogP contribution in [0.1, 0.15) is 26.3 Å². The second-order valence-corrected chi connectivity index (χ2v) is 4.72. The molecule has 0 radical (unpaired) electrons. The molecule has 0 aliphatic rings. The topological polar surface area (TPSA) is 38.7 Å². The Morgan fingerprint density at radius 1 is 1.35 bits per heavy atom.